The molecular weight excluding hydrogens is 270 g/mol. The van der Waals surface area contributed by atoms with Gasteiger partial charge in [0.05, 0.1) is 18.3 Å². The predicted octanol–water partition coefficient (Wildman–Crippen LogP) is 0.486. The van der Waals surface area contributed by atoms with E-state index in [0.717, 1.165) is 38.4 Å². The van der Waals surface area contributed by atoms with Crippen LogP contribution in [0, 0.1) is 0 Å². The van der Waals surface area contributed by atoms with E-state index in [-0.39, 0.29) is 18.2 Å². The van der Waals surface area contributed by atoms with Crippen molar-refractivity contribution in [1.29, 1.82) is 0 Å². The maximum Gasteiger partial charge on any atom is 0.317 e. The number of aromatic nitrogens is 2. The fourth-order valence-electron chi connectivity index (χ4n) is 2.64. The SMILES string of the molecule is CN(C(=O)NCC1CCCO1)C1CN(c2cnccn2)C1. The van der Waals surface area contributed by atoms with Gasteiger partial charge >= 0.3 is 6.03 Å². The Morgan fingerprint density at radius 1 is 1.52 bits per heavy atom. The molecule has 0 aliphatic carbocycles. The molecule has 7 nitrogen and oxygen atoms in total. The second-order valence-corrected chi connectivity index (χ2v) is 5.55. The highest BCUT2D eigenvalue weighted by Gasteiger charge is 2.33. The van der Waals surface area contributed by atoms with Gasteiger partial charge in [0.25, 0.3) is 0 Å². The molecule has 114 valence electrons. The molecular formula is C14H21N5O2. The minimum atomic E-state index is -0.0331. The molecule has 21 heavy (non-hydrogen) atoms. The van der Waals surface area contributed by atoms with Crippen molar-refractivity contribution < 1.29 is 9.53 Å². The van der Waals surface area contributed by atoms with Gasteiger partial charge in [0.2, 0.25) is 0 Å². The van der Waals surface area contributed by atoms with Gasteiger partial charge in [-0.05, 0) is 12.8 Å². The molecule has 2 aliphatic rings. The van der Waals surface area contributed by atoms with E-state index < -0.39 is 0 Å². The summed E-state index contributed by atoms with van der Waals surface area (Å²) in [4.78, 5) is 24.3. The molecule has 1 aromatic rings. The Balaban J connectivity index is 1.42. The van der Waals surface area contributed by atoms with Gasteiger partial charge in [-0.25, -0.2) is 9.78 Å². The zero-order valence-electron chi connectivity index (χ0n) is 12.2. The Kier molecular flexibility index (Phi) is 4.19. The van der Waals surface area contributed by atoms with Gasteiger partial charge in [0.15, 0.2) is 0 Å². The van der Waals surface area contributed by atoms with E-state index in [9.17, 15) is 4.79 Å². The van der Waals surface area contributed by atoms with E-state index in [1.54, 1.807) is 23.5 Å². The van der Waals surface area contributed by atoms with Gasteiger partial charge in [0.1, 0.15) is 5.82 Å². The number of nitrogens with zero attached hydrogens (tertiary/aromatic N) is 4. The molecule has 1 unspecified atom stereocenters. The maximum atomic E-state index is 12.1. The minimum Gasteiger partial charge on any atom is -0.376 e. The van der Waals surface area contributed by atoms with E-state index in [1.165, 1.54) is 0 Å². The molecule has 0 spiro atoms. The van der Waals surface area contributed by atoms with Gasteiger partial charge in [-0.2, -0.15) is 0 Å². The number of anilines is 1. The van der Waals surface area contributed by atoms with Crippen LogP contribution >= 0.6 is 0 Å². The third kappa shape index (κ3) is 3.24. The van der Waals surface area contributed by atoms with Crippen LogP contribution < -0.4 is 10.2 Å². The lowest BCUT2D eigenvalue weighted by molar-refractivity contribution is 0.107. The summed E-state index contributed by atoms with van der Waals surface area (Å²) in [6.45, 7) is 3.00. The second-order valence-electron chi connectivity index (χ2n) is 5.55. The molecule has 2 amide bonds. The number of hydrogen-bond acceptors (Lipinski definition) is 5. The molecule has 0 bridgehead atoms. The Morgan fingerprint density at radius 3 is 3.05 bits per heavy atom. The Bertz CT molecular complexity index is 472. The first-order chi connectivity index (χ1) is 10.2. The highest BCUT2D eigenvalue weighted by Crippen LogP contribution is 2.20. The third-order valence-electron chi connectivity index (χ3n) is 4.11. The van der Waals surface area contributed by atoms with Crippen molar-refractivity contribution in [3.05, 3.63) is 18.6 Å². The van der Waals surface area contributed by atoms with Gasteiger partial charge < -0.3 is 19.9 Å². The molecule has 0 aromatic carbocycles. The standard InChI is InChI=1S/C14H21N5O2/c1-18(14(20)17-7-12-3-2-6-21-12)11-9-19(10-11)13-8-15-4-5-16-13/h4-5,8,11-12H,2-3,6-7,9-10H2,1H3,(H,17,20). The van der Waals surface area contributed by atoms with Gasteiger partial charge in [0, 0.05) is 45.7 Å². The van der Waals surface area contributed by atoms with E-state index in [1.807, 2.05) is 7.05 Å². The summed E-state index contributed by atoms with van der Waals surface area (Å²) >= 11 is 0. The monoisotopic (exact) mass is 291 g/mol. The highest BCUT2D eigenvalue weighted by molar-refractivity contribution is 5.74. The van der Waals surface area contributed by atoms with Crippen LogP contribution in [0.15, 0.2) is 18.6 Å². The molecule has 3 rings (SSSR count). The van der Waals surface area contributed by atoms with Crippen LogP contribution in [-0.4, -0.2) is 66.3 Å². The number of carbonyl (C=O) groups excluding carboxylic acids is 1. The largest absolute Gasteiger partial charge is 0.376 e. The summed E-state index contributed by atoms with van der Waals surface area (Å²) in [5.74, 6) is 0.863. The summed E-state index contributed by atoms with van der Waals surface area (Å²) < 4.78 is 5.50. The number of likely N-dealkylation sites (N-methyl/N-ethyl adjacent to an activating group) is 1. The molecule has 2 fully saturated rings. The first-order valence-corrected chi connectivity index (χ1v) is 7.37. The molecule has 0 radical (unpaired) electrons. The lowest BCUT2D eigenvalue weighted by atomic mass is 10.1. The second kappa shape index (κ2) is 6.26. The minimum absolute atomic E-state index is 0.0331. The smallest absolute Gasteiger partial charge is 0.317 e. The molecule has 2 saturated heterocycles. The van der Waals surface area contributed by atoms with Crippen molar-refractivity contribution in [3.8, 4) is 0 Å². The van der Waals surface area contributed by atoms with Gasteiger partial charge in [-0.15, -0.1) is 0 Å². The van der Waals surface area contributed by atoms with Crippen LogP contribution in [0.5, 0.6) is 0 Å². The number of hydrogen-bond donors (Lipinski definition) is 1. The van der Waals surface area contributed by atoms with Gasteiger partial charge in [-0.3, -0.25) is 4.98 Å². The summed E-state index contributed by atoms with van der Waals surface area (Å²) in [7, 11) is 1.84. The average Bonchev–Trinajstić information content (AvgIpc) is 2.97. The van der Waals surface area contributed by atoms with Crippen molar-refractivity contribution in [2.75, 3.05) is 38.2 Å². The molecule has 1 N–H and O–H groups in total. The lowest BCUT2D eigenvalue weighted by Gasteiger charge is -2.44. The van der Waals surface area contributed by atoms with E-state index in [0.29, 0.717) is 6.54 Å². The molecule has 0 saturated carbocycles. The fourth-order valence-corrected chi connectivity index (χ4v) is 2.64. The van der Waals surface area contributed by atoms with Crippen molar-refractivity contribution in [1.82, 2.24) is 20.2 Å². The number of nitrogens with one attached hydrogen (secondary N) is 1. The zero-order valence-corrected chi connectivity index (χ0v) is 12.2. The zero-order chi connectivity index (χ0) is 14.7. The number of carbonyl (C=O) groups is 1. The summed E-state index contributed by atoms with van der Waals surface area (Å²) in [5.41, 5.74) is 0. The van der Waals surface area contributed by atoms with Crippen LogP contribution in [0.25, 0.3) is 0 Å². The molecule has 3 heterocycles. The van der Waals surface area contributed by atoms with Crippen LogP contribution in [0.3, 0.4) is 0 Å². The number of amides is 2. The first-order valence-electron chi connectivity index (χ1n) is 7.37. The Morgan fingerprint density at radius 2 is 2.38 bits per heavy atom. The van der Waals surface area contributed by atoms with Crippen molar-refractivity contribution in [2.45, 2.75) is 25.0 Å². The number of ether oxygens (including phenoxy) is 1. The lowest BCUT2D eigenvalue weighted by Crippen LogP contribution is -2.61. The predicted molar refractivity (Wildman–Crippen MR) is 78.2 cm³/mol. The topological polar surface area (TPSA) is 70.6 Å². The number of rotatable bonds is 4. The van der Waals surface area contributed by atoms with E-state index >= 15 is 0 Å². The first kappa shape index (κ1) is 14.1. The van der Waals surface area contributed by atoms with E-state index in [4.69, 9.17) is 4.74 Å². The summed E-state index contributed by atoms with van der Waals surface area (Å²) in [6.07, 6.45) is 7.39. The third-order valence-corrected chi connectivity index (χ3v) is 4.11. The molecule has 1 aromatic heterocycles. The molecule has 2 aliphatic heterocycles. The normalized spacial score (nSPS) is 22.0. The molecule has 7 heteroatoms. The Hall–Kier alpha value is -1.89. The Labute approximate surface area is 124 Å². The van der Waals surface area contributed by atoms with Crippen molar-refractivity contribution in [3.63, 3.8) is 0 Å². The quantitative estimate of drug-likeness (QED) is 0.874. The summed E-state index contributed by atoms with van der Waals surface area (Å²) in [5, 5.41) is 2.94. The van der Waals surface area contributed by atoms with Crippen LogP contribution in [0.2, 0.25) is 0 Å². The van der Waals surface area contributed by atoms with Crippen LogP contribution in [0.4, 0.5) is 10.6 Å². The maximum absolute atomic E-state index is 12.1. The van der Waals surface area contributed by atoms with Crippen molar-refractivity contribution >= 4 is 11.8 Å². The van der Waals surface area contributed by atoms with Gasteiger partial charge in [-0.1, -0.05) is 0 Å². The van der Waals surface area contributed by atoms with Crippen molar-refractivity contribution in [2.24, 2.45) is 0 Å². The molecule has 1 atom stereocenters. The summed E-state index contributed by atoms with van der Waals surface area (Å²) in [6, 6.07) is 0.186. The van der Waals surface area contributed by atoms with Crippen LogP contribution in [-0.2, 0) is 4.74 Å². The van der Waals surface area contributed by atoms with E-state index in [2.05, 4.69) is 20.2 Å². The van der Waals surface area contributed by atoms with Crippen LogP contribution in [0.1, 0.15) is 12.8 Å². The average molecular weight is 291 g/mol. The highest BCUT2D eigenvalue weighted by atomic mass is 16.5. The fraction of sp³-hybridized carbons (Fsp3) is 0.643. The number of urea groups is 1.